The number of nitrogens with two attached hydrogens (primary N) is 1. The zero-order valence-electron chi connectivity index (χ0n) is 8.10. The first-order chi connectivity index (χ1) is 7.27. The fourth-order valence-corrected chi connectivity index (χ4v) is 2.10. The Morgan fingerprint density at radius 3 is 2.87 bits per heavy atom. The lowest BCUT2D eigenvalue weighted by molar-refractivity contribution is 0.838. The van der Waals surface area contributed by atoms with Gasteiger partial charge in [0, 0.05) is 24.4 Å². The van der Waals surface area contributed by atoms with Gasteiger partial charge in [-0.1, -0.05) is 24.3 Å². The quantitative estimate of drug-likeness (QED) is 0.594. The second kappa shape index (κ2) is 2.73. The Morgan fingerprint density at radius 2 is 2.00 bits per heavy atom. The van der Waals surface area contributed by atoms with E-state index < -0.39 is 0 Å². The van der Waals surface area contributed by atoms with Crippen molar-refractivity contribution in [2.75, 3.05) is 5.73 Å². The minimum Gasteiger partial charge on any atom is -0.394 e. The van der Waals surface area contributed by atoms with Gasteiger partial charge in [0.1, 0.15) is 5.69 Å². The summed E-state index contributed by atoms with van der Waals surface area (Å²) in [5.41, 5.74) is 9.22. The maximum absolute atomic E-state index is 11.5. The summed E-state index contributed by atoms with van der Waals surface area (Å²) in [4.78, 5) is 11.5. The first-order valence-corrected chi connectivity index (χ1v) is 4.84. The summed E-state index contributed by atoms with van der Waals surface area (Å²) in [6.45, 7) is 0.802. The Bertz CT molecular complexity index is 599. The number of hydrogen-bond donors (Lipinski definition) is 1. The van der Waals surface area contributed by atoms with E-state index in [0.29, 0.717) is 5.69 Å². The smallest absolute Gasteiger partial charge is 0.205 e. The minimum absolute atomic E-state index is 0.0991. The molecule has 0 unspecified atom stereocenters. The van der Waals surface area contributed by atoms with Gasteiger partial charge in [0.05, 0.1) is 5.69 Å². The molecular weight excluding hydrogens is 188 g/mol. The number of nitrogen functional groups attached to an aromatic ring is 1. The third kappa shape index (κ3) is 1.03. The van der Waals surface area contributed by atoms with Gasteiger partial charge < -0.3 is 10.3 Å². The Kier molecular flexibility index (Phi) is 1.51. The number of anilines is 1. The molecule has 2 heterocycles. The van der Waals surface area contributed by atoms with Crippen molar-refractivity contribution in [3.8, 4) is 11.3 Å². The monoisotopic (exact) mass is 198 g/mol. The molecule has 1 aliphatic rings. The SMILES string of the molecule is Nc1c2n(ccc1=O)Cc1ccccc1-2. The molecule has 3 nitrogen and oxygen atoms in total. The molecule has 2 N–H and O–H groups in total. The molecule has 0 amide bonds. The van der Waals surface area contributed by atoms with Crippen molar-refractivity contribution in [2.24, 2.45) is 0 Å². The van der Waals surface area contributed by atoms with Gasteiger partial charge in [-0.25, -0.2) is 0 Å². The number of benzene rings is 1. The van der Waals surface area contributed by atoms with Crippen LogP contribution in [0, 0.1) is 0 Å². The molecule has 3 rings (SSSR count). The van der Waals surface area contributed by atoms with Crippen molar-refractivity contribution in [3.63, 3.8) is 0 Å². The van der Waals surface area contributed by atoms with E-state index in [1.165, 1.54) is 11.6 Å². The zero-order chi connectivity index (χ0) is 10.4. The van der Waals surface area contributed by atoms with E-state index in [1.54, 1.807) is 6.20 Å². The van der Waals surface area contributed by atoms with Crippen molar-refractivity contribution in [1.29, 1.82) is 0 Å². The molecule has 74 valence electrons. The van der Waals surface area contributed by atoms with E-state index >= 15 is 0 Å². The first-order valence-electron chi connectivity index (χ1n) is 4.84. The predicted octanol–water partition coefficient (Wildman–Crippen LogP) is 1.46. The van der Waals surface area contributed by atoms with Gasteiger partial charge in [-0.2, -0.15) is 0 Å². The fraction of sp³-hybridized carbons (Fsp3) is 0.0833. The Morgan fingerprint density at radius 1 is 1.20 bits per heavy atom. The summed E-state index contributed by atoms with van der Waals surface area (Å²) in [5.74, 6) is 0. The molecular formula is C12H10N2O. The number of nitrogens with zero attached hydrogens (tertiary/aromatic N) is 1. The molecule has 15 heavy (non-hydrogen) atoms. The van der Waals surface area contributed by atoms with E-state index in [1.807, 2.05) is 22.8 Å². The topological polar surface area (TPSA) is 48.0 Å². The molecule has 1 aromatic carbocycles. The van der Waals surface area contributed by atoms with E-state index in [0.717, 1.165) is 17.8 Å². The maximum atomic E-state index is 11.5. The molecule has 0 aliphatic carbocycles. The molecule has 0 spiro atoms. The van der Waals surface area contributed by atoms with Gasteiger partial charge in [-0.15, -0.1) is 0 Å². The van der Waals surface area contributed by atoms with Gasteiger partial charge in [-0.05, 0) is 5.56 Å². The normalized spacial score (nSPS) is 12.3. The van der Waals surface area contributed by atoms with Gasteiger partial charge in [0.15, 0.2) is 0 Å². The molecule has 1 aromatic heterocycles. The molecule has 2 aromatic rings. The van der Waals surface area contributed by atoms with Crippen LogP contribution in [0.25, 0.3) is 11.3 Å². The van der Waals surface area contributed by atoms with Crippen LogP contribution < -0.4 is 11.2 Å². The summed E-state index contributed by atoms with van der Waals surface area (Å²) in [6.07, 6.45) is 1.80. The van der Waals surface area contributed by atoms with E-state index in [4.69, 9.17) is 5.73 Å². The third-order valence-corrected chi connectivity index (χ3v) is 2.83. The van der Waals surface area contributed by atoms with Crippen LogP contribution in [-0.4, -0.2) is 4.57 Å². The van der Waals surface area contributed by atoms with Crippen LogP contribution in [0.4, 0.5) is 5.69 Å². The highest BCUT2D eigenvalue weighted by atomic mass is 16.1. The van der Waals surface area contributed by atoms with Gasteiger partial charge in [-0.3, -0.25) is 4.79 Å². The fourth-order valence-electron chi connectivity index (χ4n) is 2.10. The second-order valence-corrected chi connectivity index (χ2v) is 3.73. The van der Waals surface area contributed by atoms with Crippen molar-refractivity contribution < 1.29 is 0 Å². The van der Waals surface area contributed by atoms with Crippen molar-refractivity contribution in [1.82, 2.24) is 4.57 Å². The summed E-state index contributed by atoms with van der Waals surface area (Å²) >= 11 is 0. The molecule has 0 saturated carbocycles. The molecule has 0 radical (unpaired) electrons. The summed E-state index contributed by atoms with van der Waals surface area (Å²) < 4.78 is 2.02. The Hall–Kier alpha value is -2.03. The Balaban J connectivity index is 2.41. The highest BCUT2D eigenvalue weighted by Crippen LogP contribution is 2.33. The van der Waals surface area contributed by atoms with Gasteiger partial charge >= 0.3 is 0 Å². The molecule has 0 fully saturated rings. The van der Waals surface area contributed by atoms with Crippen LogP contribution in [0.2, 0.25) is 0 Å². The average molecular weight is 198 g/mol. The van der Waals surface area contributed by atoms with E-state index in [2.05, 4.69) is 6.07 Å². The summed E-state index contributed by atoms with van der Waals surface area (Å²) in [6, 6.07) is 9.55. The third-order valence-electron chi connectivity index (χ3n) is 2.83. The molecule has 0 atom stereocenters. The van der Waals surface area contributed by atoms with Crippen molar-refractivity contribution in [2.45, 2.75) is 6.54 Å². The van der Waals surface area contributed by atoms with Crippen LogP contribution >= 0.6 is 0 Å². The van der Waals surface area contributed by atoms with Crippen LogP contribution in [0.1, 0.15) is 5.56 Å². The van der Waals surface area contributed by atoms with Gasteiger partial charge in [0.25, 0.3) is 0 Å². The van der Waals surface area contributed by atoms with Crippen LogP contribution in [0.5, 0.6) is 0 Å². The second-order valence-electron chi connectivity index (χ2n) is 3.73. The highest BCUT2D eigenvalue weighted by molar-refractivity contribution is 5.77. The number of rotatable bonds is 0. The van der Waals surface area contributed by atoms with Crippen molar-refractivity contribution >= 4 is 5.69 Å². The highest BCUT2D eigenvalue weighted by Gasteiger charge is 2.19. The lowest BCUT2D eigenvalue weighted by Gasteiger charge is -2.05. The number of fused-ring (bicyclic) bond motifs is 3. The van der Waals surface area contributed by atoms with Crippen LogP contribution in [0.3, 0.4) is 0 Å². The predicted molar refractivity (Wildman–Crippen MR) is 59.7 cm³/mol. The van der Waals surface area contributed by atoms with E-state index in [9.17, 15) is 4.79 Å². The van der Waals surface area contributed by atoms with Crippen LogP contribution in [-0.2, 0) is 6.54 Å². The lowest BCUT2D eigenvalue weighted by atomic mass is 10.1. The number of aromatic nitrogens is 1. The average Bonchev–Trinajstić information content (AvgIpc) is 2.62. The zero-order valence-corrected chi connectivity index (χ0v) is 8.10. The van der Waals surface area contributed by atoms with Crippen LogP contribution in [0.15, 0.2) is 41.3 Å². The molecule has 0 bridgehead atoms. The lowest BCUT2D eigenvalue weighted by Crippen LogP contribution is -2.11. The summed E-state index contributed by atoms with van der Waals surface area (Å²) in [7, 11) is 0. The Labute approximate surface area is 86.8 Å². The molecule has 0 saturated heterocycles. The standard InChI is InChI=1S/C12H10N2O/c13-11-10(15)5-6-14-7-8-3-1-2-4-9(8)12(11)14/h1-6H,7,13H2. The van der Waals surface area contributed by atoms with Crippen molar-refractivity contribution in [3.05, 3.63) is 52.3 Å². The van der Waals surface area contributed by atoms with Gasteiger partial charge in [0.2, 0.25) is 5.43 Å². The maximum Gasteiger partial charge on any atom is 0.205 e. The minimum atomic E-state index is -0.0991. The van der Waals surface area contributed by atoms with E-state index in [-0.39, 0.29) is 5.43 Å². The number of hydrogen-bond acceptors (Lipinski definition) is 2. The summed E-state index contributed by atoms with van der Waals surface area (Å²) in [5, 5.41) is 0. The number of pyridine rings is 1. The largest absolute Gasteiger partial charge is 0.394 e. The first kappa shape index (κ1) is 8.29. The molecule has 1 aliphatic heterocycles. The molecule has 3 heteroatoms.